The van der Waals surface area contributed by atoms with E-state index in [-0.39, 0.29) is 0 Å². The second-order valence-corrected chi connectivity index (χ2v) is 7.81. The van der Waals surface area contributed by atoms with Crippen molar-refractivity contribution in [1.82, 2.24) is 19.1 Å². The van der Waals surface area contributed by atoms with Gasteiger partial charge >= 0.3 is 0 Å². The molecule has 0 amide bonds. The SMILES string of the molecule is Cn1nccc1-c1ncccc1C[C@H]1CCN(S(C)(=O)=O)C1. The molecule has 2 aromatic heterocycles. The fraction of sp³-hybridized carbons (Fsp3) is 0.467. The first-order valence-corrected chi connectivity index (χ1v) is 9.17. The minimum Gasteiger partial charge on any atom is -0.266 e. The second-order valence-electron chi connectivity index (χ2n) is 5.83. The number of hydrogen-bond donors (Lipinski definition) is 0. The fourth-order valence-electron chi connectivity index (χ4n) is 3.02. The van der Waals surface area contributed by atoms with Gasteiger partial charge in [-0.1, -0.05) is 6.07 Å². The molecule has 118 valence electrons. The van der Waals surface area contributed by atoms with Gasteiger partial charge in [-0.25, -0.2) is 12.7 Å². The van der Waals surface area contributed by atoms with E-state index in [0.29, 0.717) is 19.0 Å². The van der Waals surface area contributed by atoms with Crippen LogP contribution in [0.15, 0.2) is 30.6 Å². The van der Waals surface area contributed by atoms with Crippen molar-refractivity contribution in [2.45, 2.75) is 12.8 Å². The number of aromatic nitrogens is 3. The summed E-state index contributed by atoms with van der Waals surface area (Å²) < 4.78 is 26.6. The van der Waals surface area contributed by atoms with Crippen LogP contribution in [0.25, 0.3) is 11.4 Å². The molecule has 3 heterocycles. The topological polar surface area (TPSA) is 68.1 Å². The molecule has 1 aliphatic heterocycles. The summed E-state index contributed by atoms with van der Waals surface area (Å²) in [6, 6.07) is 5.94. The van der Waals surface area contributed by atoms with Crippen molar-refractivity contribution in [3.63, 3.8) is 0 Å². The highest BCUT2D eigenvalue weighted by molar-refractivity contribution is 7.88. The van der Waals surface area contributed by atoms with Crippen molar-refractivity contribution in [3.05, 3.63) is 36.2 Å². The van der Waals surface area contributed by atoms with Gasteiger partial charge in [0.2, 0.25) is 10.0 Å². The predicted molar refractivity (Wildman–Crippen MR) is 84.7 cm³/mol. The van der Waals surface area contributed by atoms with Gasteiger partial charge in [0.25, 0.3) is 0 Å². The van der Waals surface area contributed by atoms with Crippen LogP contribution in [-0.4, -0.2) is 46.8 Å². The van der Waals surface area contributed by atoms with Crippen LogP contribution in [0.2, 0.25) is 0 Å². The molecule has 0 aliphatic carbocycles. The van der Waals surface area contributed by atoms with Crippen LogP contribution >= 0.6 is 0 Å². The fourth-order valence-corrected chi connectivity index (χ4v) is 3.93. The van der Waals surface area contributed by atoms with Crippen LogP contribution in [0, 0.1) is 5.92 Å². The number of hydrogen-bond acceptors (Lipinski definition) is 4. The van der Waals surface area contributed by atoms with Crippen molar-refractivity contribution >= 4 is 10.0 Å². The van der Waals surface area contributed by atoms with Crippen molar-refractivity contribution in [1.29, 1.82) is 0 Å². The largest absolute Gasteiger partial charge is 0.266 e. The molecule has 0 aromatic carbocycles. The third-order valence-corrected chi connectivity index (χ3v) is 5.45. The zero-order valence-electron chi connectivity index (χ0n) is 12.8. The van der Waals surface area contributed by atoms with Gasteiger partial charge in [0.15, 0.2) is 0 Å². The monoisotopic (exact) mass is 320 g/mol. The Hall–Kier alpha value is -1.73. The molecule has 7 heteroatoms. The van der Waals surface area contributed by atoms with Gasteiger partial charge in [-0.15, -0.1) is 0 Å². The molecular formula is C15H20N4O2S. The minimum atomic E-state index is -3.08. The molecule has 1 saturated heterocycles. The average Bonchev–Trinajstić information content (AvgIpc) is 3.08. The quantitative estimate of drug-likeness (QED) is 0.852. The molecule has 0 spiro atoms. The smallest absolute Gasteiger partial charge is 0.211 e. The van der Waals surface area contributed by atoms with Gasteiger partial charge < -0.3 is 0 Å². The van der Waals surface area contributed by atoms with Gasteiger partial charge in [-0.3, -0.25) is 9.67 Å². The predicted octanol–water partition coefficient (Wildman–Crippen LogP) is 1.31. The highest BCUT2D eigenvalue weighted by Crippen LogP contribution is 2.27. The summed E-state index contributed by atoms with van der Waals surface area (Å²) in [6.45, 7) is 1.21. The lowest BCUT2D eigenvalue weighted by atomic mass is 9.96. The Morgan fingerprint density at radius 1 is 1.32 bits per heavy atom. The van der Waals surface area contributed by atoms with Crippen molar-refractivity contribution in [2.24, 2.45) is 13.0 Å². The zero-order chi connectivity index (χ0) is 15.7. The van der Waals surface area contributed by atoms with Crippen LogP contribution in [-0.2, 0) is 23.5 Å². The van der Waals surface area contributed by atoms with Crippen molar-refractivity contribution in [3.8, 4) is 11.4 Å². The van der Waals surface area contributed by atoms with E-state index in [9.17, 15) is 8.42 Å². The summed E-state index contributed by atoms with van der Waals surface area (Å²) in [7, 11) is -1.19. The third-order valence-electron chi connectivity index (χ3n) is 4.18. The highest BCUT2D eigenvalue weighted by Gasteiger charge is 2.29. The maximum Gasteiger partial charge on any atom is 0.211 e. The molecule has 3 rings (SSSR count). The van der Waals surface area contributed by atoms with E-state index in [4.69, 9.17) is 0 Å². The molecule has 0 unspecified atom stereocenters. The normalized spacial score (nSPS) is 19.6. The summed E-state index contributed by atoms with van der Waals surface area (Å²) in [5.74, 6) is 0.339. The van der Waals surface area contributed by atoms with Crippen LogP contribution in [0.4, 0.5) is 0 Å². The molecule has 0 saturated carbocycles. The van der Waals surface area contributed by atoms with E-state index in [0.717, 1.165) is 29.8 Å². The van der Waals surface area contributed by atoms with Crippen LogP contribution in [0.3, 0.4) is 0 Å². The van der Waals surface area contributed by atoms with Crippen LogP contribution in [0.5, 0.6) is 0 Å². The third kappa shape index (κ3) is 3.05. The van der Waals surface area contributed by atoms with E-state index >= 15 is 0 Å². The summed E-state index contributed by atoms with van der Waals surface area (Å²) in [5, 5.41) is 4.20. The van der Waals surface area contributed by atoms with Gasteiger partial charge in [-0.2, -0.15) is 5.10 Å². The second kappa shape index (κ2) is 5.81. The zero-order valence-corrected chi connectivity index (χ0v) is 13.6. The molecular weight excluding hydrogens is 300 g/mol. The summed E-state index contributed by atoms with van der Waals surface area (Å²) in [6.07, 6.45) is 6.55. The summed E-state index contributed by atoms with van der Waals surface area (Å²) in [5.41, 5.74) is 3.06. The van der Waals surface area contributed by atoms with Gasteiger partial charge in [0.05, 0.1) is 17.6 Å². The van der Waals surface area contributed by atoms with Gasteiger partial charge in [-0.05, 0) is 36.5 Å². The van der Waals surface area contributed by atoms with Crippen LogP contribution < -0.4 is 0 Å². The molecule has 6 nitrogen and oxygen atoms in total. The molecule has 0 N–H and O–H groups in total. The van der Waals surface area contributed by atoms with E-state index in [2.05, 4.69) is 16.1 Å². The Balaban J connectivity index is 1.81. The van der Waals surface area contributed by atoms with E-state index in [1.807, 2.05) is 23.9 Å². The lowest BCUT2D eigenvalue weighted by Gasteiger charge is -2.15. The molecule has 0 radical (unpaired) electrons. The number of pyridine rings is 1. The standard InChI is InChI=1S/C15H20N4O2S/c1-18-14(5-8-17-18)15-13(4-3-7-16-15)10-12-6-9-19(11-12)22(2,20)21/h3-5,7-8,12H,6,9-11H2,1-2H3/t12-/m1/s1. The Morgan fingerprint density at radius 3 is 2.77 bits per heavy atom. The molecule has 1 atom stereocenters. The van der Waals surface area contributed by atoms with E-state index in [1.165, 1.54) is 6.26 Å². The average molecular weight is 320 g/mol. The Labute approximate surface area is 130 Å². The Morgan fingerprint density at radius 2 is 2.14 bits per heavy atom. The molecule has 2 aromatic rings. The number of rotatable bonds is 4. The molecule has 1 aliphatic rings. The minimum absolute atomic E-state index is 0.339. The maximum atomic E-state index is 11.6. The lowest BCUT2D eigenvalue weighted by molar-refractivity contribution is 0.460. The molecule has 1 fully saturated rings. The van der Waals surface area contributed by atoms with Crippen molar-refractivity contribution < 1.29 is 8.42 Å². The van der Waals surface area contributed by atoms with Crippen LogP contribution in [0.1, 0.15) is 12.0 Å². The first-order valence-electron chi connectivity index (χ1n) is 7.32. The Kier molecular flexibility index (Phi) is 4.01. The van der Waals surface area contributed by atoms with Crippen molar-refractivity contribution in [2.75, 3.05) is 19.3 Å². The number of aryl methyl sites for hydroxylation is 1. The maximum absolute atomic E-state index is 11.6. The first-order chi connectivity index (χ1) is 10.4. The molecule has 0 bridgehead atoms. The van der Waals surface area contributed by atoms with E-state index in [1.54, 1.807) is 16.7 Å². The van der Waals surface area contributed by atoms with E-state index < -0.39 is 10.0 Å². The lowest BCUT2D eigenvalue weighted by Crippen LogP contribution is -2.27. The summed E-state index contributed by atoms with van der Waals surface area (Å²) in [4.78, 5) is 4.50. The first kappa shape index (κ1) is 15.2. The number of nitrogens with zero attached hydrogens (tertiary/aromatic N) is 4. The highest BCUT2D eigenvalue weighted by atomic mass is 32.2. The van der Waals surface area contributed by atoms with Gasteiger partial charge in [0.1, 0.15) is 0 Å². The Bertz CT molecular complexity index is 769. The number of sulfonamides is 1. The summed E-state index contributed by atoms with van der Waals surface area (Å²) >= 11 is 0. The van der Waals surface area contributed by atoms with Gasteiger partial charge in [0, 0.05) is 32.5 Å². The molecule has 22 heavy (non-hydrogen) atoms.